The number of benzene rings is 1. The van der Waals surface area contributed by atoms with Crippen LogP contribution in [0.4, 0.5) is 0 Å². The van der Waals surface area contributed by atoms with Gasteiger partial charge >= 0.3 is 0 Å². The van der Waals surface area contributed by atoms with Crippen molar-refractivity contribution in [3.8, 4) is 5.69 Å². The number of pyridine rings is 1. The van der Waals surface area contributed by atoms with Gasteiger partial charge in [-0.25, -0.2) is 4.68 Å². The van der Waals surface area contributed by atoms with Gasteiger partial charge in [-0.1, -0.05) is 24.3 Å². The molecule has 7 nitrogen and oxygen atoms in total. The van der Waals surface area contributed by atoms with E-state index in [9.17, 15) is 9.59 Å². The van der Waals surface area contributed by atoms with Gasteiger partial charge in [-0.3, -0.25) is 25.4 Å². The first-order valence-electron chi connectivity index (χ1n) is 8.81. The number of nitrogens with zero attached hydrogens (tertiary/aromatic N) is 3. The minimum Gasteiger partial charge on any atom is -0.267 e. The zero-order valence-electron chi connectivity index (χ0n) is 14.8. The van der Waals surface area contributed by atoms with Crippen molar-refractivity contribution in [1.82, 2.24) is 25.6 Å². The van der Waals surface area contributed by atoms with E-state index in [2.05, 4.69) is 20.9 Å². The maximum absolute atomic E-state index is 12.7. The highest BCUT2D eigenvalue weighted by atomic mass is 16.2. The van der Waals surface area contributed by atoms with Crippen LogP contribution in [0.1, 0.15) is 50.9 Å². The van der Waals surface area contributed by atoms with Crippen molar-refractivity contribution in [2.45, 2.75) is 25.7 Å². The lowest BCUT2D eigenvalue weighted by Crippen LogP contribution is -2.42. The molecule has 2 aromatic heterocycles. The third kappa shape index (κ3) is 3.44. The van der Waals surface area contributed by atoms with Crippen LogP contribution in [-0.4, -0.2) is 26.6 Å². The normalized spacial score (nSPS) is 13.2. The Hall–Kier alpha value is -3.48. The molecule has 2 N–H and O–H groups in total. The number of hydrogen-bond acceptors (Lipinski definition) is 4. The van der Waals surface area contributed by atoms with Crippen LogP contribution in [-0.2, 0) is 0 Å². The highest BCUT2D eigenvalue weighted by Gasteiger charge is 2.33. The van der Waals surface area contributed by atoms with E-state index in [0.29, 0.717) is 11.5 Å². The Balaban J connectivity index is 1.56. The Labute approximate surface area is 156 Å². The SMILES string of the molecule is Cc1ccccc1-n1ncc(C(=O)NNC(=O)c2ccccn2)c1C1CC1. The number of amides is 2. The fourth-order valence-electron chi connectivity index (χ4n) is 3.02. The zero-order chi connectivity index (χ0) is 18.8. The maximum Gasteiger partial charge on any atom is 0.288 e. The number of hydrogen-bond donors (Lipinski definition) is 2. The Kier molecular flexibility index (Phi) is 4.42. The number of aryl methyl sites for hydroxylation is 1. The van der Waals surface area contributed by atoms with E-state index >= 15 is 0 Å². The first-order valence-corrected chi connectivity index (χ1v) is 8.81. The summed E-state index contributed by atoms with van der Waals surface area (Å²) < 4.78 is 1.84. The average molecular weight is 361 g/mol. The van der Waals surface area contributed by atoms with E-state index in [-0.39, 0.29) is 11.6 Å². The predicted molar refractivity (Wildman–Crippen MR) is 99.4 cm³/mol. The van der Waals surface area contributed by atoms with Crippen LogP contribution in [0, 0.1) is 6.92 Å². The molecule has 0 bridgehead atoms. The first-order chi connectivity index (χ1) is 13.1. The lowest BCUT2D eigenvalue weighted by Gasteiger charge is -2.11. The van der Waals surface area contributed by atoms with E-state index in [4.69, 9.17) is 0 Å². The van der Waals surface area contributed by atoms with Gasteiger partial charge < -0.3 is 0 Å². The molecule has 4 rings (SSSR count). The van der Waals surface area contributed by atoms with E-state index in [1.165, 1.54) is 6.20 Å². The summed E-state index contributed by atoms with van der Waals surface area (Å²) in [6.07, 6.45) is 5.13. The van der Waals surface area contributed by atoms with Gasteiger partial charge in [-0.05, 0) is 43.5 Å². The number of carbonyl (C=O) groups is 2. The summed E-state index contributed by atoms with van der Waals surface area (Å²) in [4.78, 5) is 28.7. The first kappa shape index (κ1) is 17.0. The van der Waals surface area contributed by atoms with Gasteiger partial charge in [0.05, 0.1) is 23.1 Å². The van der Waals surface area contributed by atoms with E-state index in [1.807, 2.05) is 35.9 Å². The molecule has 136 valence electrons. The molecular formula is C20H19N5O2. The minimum atomic E-state index is -0.469. The van der Waals surface area contributed by atoms with Crippen molar-refractivity contribution >= 4 is 11.8 Å². The van der Waals surface area contributed by atoms with E-state index in [0.717, 1.165) is 29.8 Å². The van der Waals surface area contributed by atoms with Gasteiger partial charge in [0.25, 0.3) is 11.8 Å². The lowest BCUT2D eigenvalue weighted by atomic mass is 10.1. The van der Waals surface area contributed by atoms with E-state index < -0.39 is 5.91 Å². The molecule has 1 aliphatic rings. The highest BCUT2D eigenvalue weighted by Crippen LogP contribution is 2.42. The van der Waals surface area contributed by atoms with Crippen molar-refractivity contribution in [3.63, 3.8) is 0 Å². The summed E-state index contributed by atoms with van der Waals surface area (Å²) in [5.41, 5.74) is 8.50. The molecule has 1 fully saturated rings. The summed E-state index contributed by atoms with van der Waals surface area (Å²) in [7, 11) is 0. The number of aromatic nitrogens is 3. The lowest BCUT2D eigenvalue weighted by molar-refractivity contribution is 0.0843. The van der Waals surface area contributed by atoms with Gasteiger partial charge in [0.2, 0.25) is 0 Å². The van der Waals surface area contributed by atoms with Crippen molar-refractivity contribution in [2.75, 3.05) is 0 Å². The highest BCUT2D eigenvalue weighted by molar-refractivity contribution is 5.99. The smallest absolute Gasteiger partial charge is 0.267 e. The molecule has 0 radical (unpaired) electrons. The Morgan fingerprint density at radius 2 is 1.78 bits per heavy atom. The van der Waals surface area contributed by atoms with Gasteiger partial charge in [0, 0.05) is 12.1 Å². The largest absolute Gasteiger partial charge is 0.288 e. The van der Waals surface area contributed by atoms with Crippen LogP contribution in [0.3, 0.4) is 0 Å². The average Bonchev–Trinajstić information content (AvgIpc) is 3.45. The maximum atomic E-state index is 12.7. The van der Waals surface area contributed by atoms with Gasteiger partial charge in [-0.15, -0.1) is 0 Å². The van der Waals surface area contributed by atoms with Crippen LogP contribution in [0.15, 0.2) is 54.9 Å². The number of hydrazine groups is 1. The summed E-state index contributed by atoms with van der Waals surface area (Å²) in [5.74, 6) is -0.552. The van der Waals surface area contributed by atoms with Crippen molar-refractivity contribution in [2.24, 2.45) is 0 Å². The Morgan fingerprint density at radius 1 is 1.04 bits per heavy atom. The number of rotatable bonds is 4. The summed E-state index contributed by atoms with van der Waals surface area (Å²) in [6, 6.07) is 12.9. The molecule has 7 heteroatoms. The topological polar surface area (TPSA) is 88.9 Å². The molecule has 0 spiro atoms. The van der Waals surface area contributed by atoms with Crippen molar-refractivity contribution in [1.29, 1.82) is 0 Å². The number of para-hydroxylation sites is 1. The molecule has 3 aromatic rings. The van der Waals surface area contributed by atoms with E-state index in [1.54, 1.807) is 24.4 Å². The zero-order valence-corrected chi connectivity index (χ0v) is 14.8. The van der Waals surface area contributed by atoms with Gasteiger partial charge in [-0.2, -0.15) is 5.10 Å². The molecule has 0 atom stereocenters. The minimum absolute atomic E-state index is 0.232. The Bertz CT molecular complexity index is 993. The second-order valence-corrected chi connectivity index (χ2v) is 6.54. The molecule has 27 heavy (non-hydrogen) atoms. The second-order valence-electron chi connectivity index (χ2n) is 6.54. The molecule has 1 aromatic carbocycles. The predicted octanol–water partition coefficient (Wildman–Crippen LogP) is 2.53. The molecule has 0 unspecified atom stereocenters. The summed E-state index contributed by atoms with van der Waals surface area (Å²) in [5, 5.41) is 4.45. The van der Waals surface area contributed by atoms with Crippen molar-refractivity contribution < 1.29 is 9.59 Å². The van der Waals surface area contributed by atoms with Crippen LogP contribution < -0.4 is 10.9 Å². The molecule has 0 saturated heterocycles. The van der Waals surface area contributed by atoms with Crippen molar-refractivity contribution in [3.05, 3.63) is 77.4 Å². The Morgan fingerprint density at radius 3 is 2.48 bits per heavy atom. The molecular weight excluding hydrogens is 342 g/mol. The third-order valence-corrected chi connectivity index (χ3v) is 4.55. The third-order valence-electron chi connectivity index (χ3n) is 4.55. The molecule has 0 aliphatic heterocycles. The molecule has 1 saturated carbocycles. The van der Waals surface area contributed by atoms with Crippen LogP contribution in [0.5, 0.6) is 0 Å². The van der Waals surface area contributed by atoms with Gasteiger partial charge in [0.1, 0.15) is 5.69 Å². The fraction of sp³-hybridized carbons (Fsp3) is 0.200. The summed E-state index contributed by atoms with van der Waals surface area (Å²) >= 11 is 0. The van der Waals surface area contributed by atoms with Crippen LogP contribution in [0.25, 0.3) is 5.69 Å². The van der Waals surface area contributed by atoms with Crippen LogP contribution in [0.2, 0.25) is 0 Å². The number of nitrogens with one attached hydrogen (secondary N) is 2. The summed E-state index contributed by atoms with van der Waals surface area (Å²) in [6.45, 7) is 2.01. The standard InChI is InChI=1S/C20H19N5O2/c1-13-6-2-3-8-17(13)25-18(14-9-10-14)15(12-22-25)19(26)23-24-20(27)16-7-4-5-11-21-16/h2-8,11-12,14H,9-10H2,1H3,(H,23,26)(H,24,27). The number of carbonyl (C=O) groups excluding carboxylic acids is 2. The van der Waals surface area contributed by atoms with Crippen LogP contribution >= 0.6 is 0 Å². The quantitative estimate of drug-likeness (QED) is 0.699. The molecule has 2 amide bonds. The molecule has 1 aliphatic carbocycles. The monoisotopic (exact) mass is 361 g/mol. The van der Waals surface area contributed by atoms with Gasteiger partial charge in [0.15, 0.2) is 0 Å². The second kappa shape index (κ2) is 7.03. The molecule has 2 heterocycles. The fourth-order valence-corrected chi connectivity index (χ4v) is 3.02.